The normalized spacial score (nSPS) is 10.4. The standard InChI is InChI=1S/C7H7O3S.Na/c1-6-2-4-7(5-3-6)11(8,9)10;/h2-5H,1H2,(H,8,9,10);/q-1;+1. The summed E-state index contributed by atoms with van der Waals surface area (Å²) in [7, 11) is -4.05. The molecule has 1 N–H and O–H groups in total. The third-order valence-corrected chi connectivity index (χ3v) is 2.09. The Morgan fingerprint density at radius 3 is 1.92 bits per heavy atom. The van der Waals surface area contributed by atoms with Crippen LogP contribution in [-0.4, -0.2) is 13.0 Å². The second-order valence-corrected chi connectivity index (χ2v) is 3.54. The summed E-state index contributed by atoms with van der Waals surface area (Å²) in [5, 5.41) is 0. The maximum atomic E-state index is 10.5. The molecule has 0 aliphatic rings. The summed E-state index contributed by atoms with van der Waals surface area (Å²) in [4.78, 5) is -0.107. The van der Waals surface area contributed by atoms with Gasteiger partial charge in [0.05, 0.1) is 4.90 Å². The zero-order valence-corrected chi connectivity index (χ0v) is 9.50. The van der Waals surface area contributed by atoms with Gasteiger partial charge in [0.1, 0.15) is 0 Å². The average Bonchev–Trinajstić information content (AvgIpc) is 1.86. The molecule has 0 radical (unpaired) electrons. The topological polar surface area (TPSA) is 54.4 Å². The Hall–Kier alpha value is 0. The minimum absolute atomic E-state index is 0. The van der Waals surface area contributed by atoms with Gasteiger partial charge in [-0.05, 0) is 0 Å². The SMILES string of the molecule is [CH2-]c1ccc(S(=O)(=O)O)cc1.[Na+]. The Labute approximate surface area is 93.8 Å². The fourth-order valence-corrected chi connectivity index (χ4v) is 1.14. The molecule has 12 heavy (non-hydrogen) atoms. The molecule has 0 fully saturated rings. The smallest absolute Gasteiger partial charge is 0.282 e. The molecule has 60 valence electrons. The molecule has 0 atom stereocenters. The van der Waals surface area contributed by atoms with Crippen molar-refractivity contribution >= 4 is 10.1 Å². The third kappa shape index (κ3) is 3.16. The second-order valence-electron chi connectivity index (χ2n) is 2.12. The van der Waals surface area contributed by atoms with Gasteiger partial charge in [0, 0.05) is 0 Å². The fraction of sp³-hybridized carbons (Fsp3) is 0. The van der Waals surface area contributed by atoms with Crippen molar-refractivity contribution in [3.05, 3.63) is 36.8 Å². The molecule has 0 spiro atoms. The van der Waals surface area contributed by atoms with Gasteiger partial charge < -0.3 is 0 Å². The van der Waals surface area contributed by atoms with Crippen LogP contribution in [0.1, 0.15) is 5.56 Å². The van der Waals surface area contributed by atoms with Gasteiger partial charge in [0.15, 0.2) is 0 Å². The van der Waals surface area contributed by atoms with Crippen molar-refractivity contribution in [3.63, 3.8) is 0 Å². The first-order valence-corrected chi connectivity index (χ1v) is 4.34. The molecule has 1 aromatic carbocycles. The Kier molecular flexibility index (Phi) is 4.30. The summed E-state index contributed by atoms with van der Waals surface area (Å²) in [6.45, 7) is 3.57. The van der Waals surface area contributed by atoms with E-state index in [2.05, 4.69) is 6.92 Å². The van der Waals surface area contributed by atoms with E-state index in [9.17, 15) is 8.42 Å². The first-order valence-electron chi connectivity index (χ1n) is 2.89. The monoisotopic (exact) mass is 194 g/mol. The fourth-order valence-electron chi connectivity index (χ4n) is 0.661. The Balaban J connectivity index is 0.00000121. The van der Waals surface area contributed by atoms with Gasteiger partial charge in [-0.25, -0.2) is 0 Å². The number of hydrogen-bond acceptors (Lipinski definition) is 2. The van der Waals surface area contributed by atoms with Crippen molar-refractivity contribution in [2.75, 3.05) is 0 Å². The molecule has 0 amide bonds. The van der Waals surface area contributed by atoms with Gasteiger partial charge in [-0.1, -0.05) is 12.1 Å². The van der Waals surface area contributed by atoms with E-state index >= 15 is 0 Å². The molecule has 3 nitrogen and oxygen atoms in total. The van der Waals surface area contributed by atoms with Gasteiger partial charge in [-0.2, -0.15) is 33.0 Å². The molecule has 0 unspecified atom stereocenters. The third-order valence-electron chi connectivity index (χ3n) is 1.22. The van der Waals surface area contributed by atoms with Crippen LogP contribution in [-0.2, 0) is 10.1 Å². The maximum Gasteiger partial charge on any atom is 1.00 e. The van der Waals surface area contributed by atoms with Crippen molar-refractivity contribution in [2.45, 2.75) is 4.90 Å². The van der Waals surface area contributed by atoms with Gasteiger partial charge >= 0.3 is 29.6 Å². The van der Waals surface area contributed by atoms with E-state index < -0.39 is 10.1 Å². The molecular formula is C7H7NaO3S. The van der Waals surface area contributed by atoms with Crippen molar-refractivity contribution in [2.24, 2.45) is 0 Å². The second kappa shape index (κ2) is 4.30. The van der Waals surface area contributed by atoms with E-state index in [1.165, 1.54) is 24.3 Å². The summed E-state index contributed by atoms with van der Waals surface area (Å²) in [6, 6.07) is 5.64. The number of benzene rings is 1. The minimum atomic E-state index is -4.05. The number of hydrogen-bond donors (Lipinski definition) is 1. The maximum absolute atomic E-state index is 10.5. The predicted octanol–water partition coefficient (Wildman–Crippen LogP) is -1.88. The zero-order chi connectivity index (χ0) is 8.48. The molecule has 0 saturated carbocycles. The molecule has 1 aromatic rings. The van der Waals surface area contributed by atoms with Crippen molar-refractivity contribution < 1.29 is 42.5 Å². The van der Waals surface area contributed by atoms with E-state index in [1.807, 2.05) is 0 Å². The van der Waals surface area contributed by atoms with Crippen molar-refractivity contribution in [1.82, 2.24) is 0 Å². The molecule has 0 heterocycles. The zero-order valence-electron chi connectivity index (χ0n) is 6.69. The first kappa shape index (κ1) is 12.0. The summed E-state index contributed by atoms with van der Waals surface area (Å²) in [5.74, 6) is 0. The quantitative estimate of drug-likeness (QED) is 0.323. The molecule has 0 aliphatic carbocycles. The average molecular weight is 194 g/mol. The van der Waals surface area contributed by atoms with Crippen LogP contribution in [0.15, 0.2) is 29.2 Å². The van der Waals surface area contributed by atoms with Crippen LogP contribution in [0.25, 0.3) is 0 Å². The van der Waals surface area contributed by atoms with Crippen LogP contribution in [0.2, 0.25) is 0 Å². The summed E-state index contributed by atoms with van der Waals surface area (Å²) in [6.07, 6.45) is 0. The molecule has 5 heteroatoms. The van der Waals surface area contributed by atoms with E-state index in [1.54, 1.807) is 0 Å². The van der Waals surface area contributed by atoms with Crippen molar-refractivity contribution in [3.8, 4) is 0 Å². The van der Waals surface area contributed by atoms with Crippen LogP contribution in [0.5, 0.6) is 0 Å². The van der Waals surface area contributed by atoms with Crippen molar-refractivity contribution in [1.29, 1.82) is 0 Å². The largest absolute Gasteiger partial charge is 1.00 e. The van der Waals surface area contributed by atoms with E-state index in [4.69, 9.17) is 4.55 Å². The van der Waals surface area contributed by atoms with E-state index in [-0.39, 0.29) is 34.5 Å². The van der Waals surface area contributed by atoms with Crippen LogP contribution < -0.4 is 29.6 Å². The molecular weight excluding hydrogens is 187 g/mol. The van der Waals surface area contributed by atoms with Crippen LogP contribution in [0, 0.1) is 6.92 Å². The van der Waals surface area contributed by atoms with Gasteiger partial charge in [-0.3, -0.25) is 4.55 Å². The van der Waals surface area contributed by atoms with Gasteiger partial charge in [0.25, 0.3) is 10.1 Å². The van der Waals surface area contributed by atoms with E-state index in [0.717, 1.165) is 0 Å². The summed E-state index contributed by atoms with van der Waals surface area (Å²) < 4.78 is 29.5. The first-order chi connectivity index (χ1) is 5.00. The summed E-state index contributed by atoms with van der Waals surface area (Å²) >= 11 is 0. The van der Waals surface area contributed by atoms with Crippen LogP contribution >= 0.6 is 0 Å². The molecule has 0 aromatic heterocycles. The van der Waals surface area contributed by atoms with Crippen LogP contribution in [0.3, 0.4) is 0 Å². The Bertz CT molecular complexity index is 341. The predicted molar refractivity (Wildman–Crippen MR) is 40.7 cm³/mol. The Morgan fingerprint density at radius 2 is 1.58 bits per heavy atom. The molecule has 0 bridgehead atoms. The van der Waals surface area contributed by atoms with Crippen LogP contribution in [0.4, 0.5) is 0 Å². The van der Waals surface area contributed by atoms with E-state index in [0.29, 0.717) is 5.56 Å². The van der Waals surface area contributed by atoms with Gasteiger partial charge in [-0.15, -0.1) is 0 Å². The number of rotatable bonds is 1. The summed E-state index contributed by atoms with van der Waals surface area (Å²) in [5.41, 5.74) is 0.706. The molecule has 0 saturated heterocycles. The minimum Gasteiger partial charge on any atom is -0.282 e. The molecule has 0 aliphatic heterocycles. The Morgan fingerprint density at radius 1 is 1.17 bits per heavy atom. The molecule has 1 rings (SSSR count). The van der Waals surface area contributed by atoms with Gasteiger partial charge in [0.2, 0.25) is 0 Å².